The van der Waals surface area contributed by atoms with E-state index in [4.69, 9.17) is 5.11 Å². The SMILES string of the molecule is CCCC1CC(NCCCO)CN(C2CCCC2)C1. The maximum Gasteiger partial charge on any atom is 0.0443 e. The Bertz CT molecular complexity index is 241. The van der Waals surface area contributed by atoms with Gasteiger partial charge in [0.25, 0.3) is 0 Å². The van der Waals surface area contributed by atoms with Gasteiger partial charge in [0.15, 0.2) is 0 Å². The lowest BCUT2D eigenvalue weighted by Gasteiger charge is -2.41. The van der Waals surface area contributed by atoms with Crippen LogP contribution in [-0.4, -0.2) is 48.3 Å². The van der Waals surface area contributed by atoms with E-state index in [1.807, 2.05) is 0 Å². The van der Waals surface area contributed by atoms with E-state index in [2.05, 4.69) is 17.1 Å². The summed E-state index contributed by atoms with van der Waals surface area (Å²) >= 11 is 0. The van der Waals surface area contributed by atoms with Crippen LogP contribution in [0.4, 0.5) is 0 Å². The molecule has 2 rings (SSSR count). The molecule has 19 heavy (non-hydrogen) atoms. The van der Waals surface area contributed by atoms with Gasteiger partial charge < -0.3 is 10.4 Å². The van der Waals surface area contributed by atoms with Crippen molar-refractivity contribution in [2.45, 2.75) is 70.4 Å². The van der Waals surface area contributed by atoms with Gasteiger partial charge in [-0.2, -0.15) is 0 Å². The molecule has 2 unspecified atom stereocenters. The molecule has 2 fully saturated rings. The zero-order valence-electron chi connectivity index (χ0n) is 12.6. The molecule has 0 spiro atoms. The summed E-state index contributed by atoms with van der Waals surface area (Å²) in [7, 11) is 0. The van der Waals surface area contributed by atoms with Gasteiger partial charge in [0.1, 0.15) is 0 Å². The second-order valence-corrected chi connectivity index (χ2v) is 6.51. The van der Waals surface area contributed by atoms with E-state index in [9.17, 15) is 0 Å². The Morgan fingerprint density at radius 3 is 2.68 bits per heavy atom. The minimum atomic E-state index is 0.310. The second kappa shape index (κ2) is 8.23. The van der Waals surface area contributed by atoms with Crippen molar-refractivity contribution >= 4 is 0 Å². The summed E-state index contributed by atoms with van der Waals surface area (Å²) in [5.41, 5.74) is 0. The Hall–Kier alpha value is -0.120. The summed E-state index contributed by atoms with van der Waals surface area (Å²) in [6.45, 7) is 6.15. The number of hydrogen-bond donors (Lipinski definition) is 2. The van der Waals surface area contributed by atoms with Crippen LogP contribution >= 0.6 is 0 Å². The molecule has 0 bridgehead atoms. The summed E-state index contributed by atoms with van der Waals surface area (Å²) in [6.07, 6.45) is 10.6. The molecule has 0 radical (unpaired) electrons. The Balaban J connectivity index is 1.84. The number of hydrogen-bond acceptors (Lipinski definition) is 3. The highest BCUT2D eigenvalue weighted by atomic mass is 16.3. The molecule has 1 aliphatic heterocycles. The van der Waals surface area contributed by atoms with Gasteiger partial charge in [0, 0.05) is 31.8 Å². The molecule has 0 aromatic rings. The van der Waals surface area contributed by atoms with Gasteiger partial charge in [-0.05, 0) is 44.6 Å². The highest BCUT2D eigenvalue weighted by molar-refractivity contribution is 4.88. The molecule has 0 aromatic heterocycles. The van der Waals surface area contributed by atoms with Gasteiger partial charge in [-0.3, -0.25) is 4.90 Å². The van der Waals surface area contributed by atoms with E-state index in [0.717, 1.165) is 24.9 Å². The third kappa shape index (κ3) is 4.73. The fourth-order valence-corrected chi connectivity index (χ4v) is 3.96. The van der Waals surface area contributed by atoms with Gasteiger partial charge >= 0.3 is 0 Å². The number of aliphatic hydroxyl groups is 1. The Morgan fingerprint density at radius 2 is 2.00 bits per heavy atom. The zero-order valence-corrected chi connectivity index (χ0v) is 12.6. The van der Waals surface area contributed by atoms with Crippen molar-refractivity contribution in [1.29, 1.82) is 0 Å². The monoisotopic (exact) mass is 268 g/mol. The molecule has 1 aliphatic carbocycles. The predicted molar refractivity (Wildman–Crippen MR) is 80.3 cm³/mol. The van der Waals surface area contributed by atoms with Crippen molar-refractivity contribution in [2.24, 2.45) is 5.92 Å². The molecule has 1 saturated carbocycles. The van der Waals surface area contributed by atoms with Crippen LogP contribution in [0, 0.1) is 5.92 Å². The fourth-order valence-electron chi connectivity index (χ4n) is 3.96. The third-order valence-corrected chi connectivity index (χ3v) is 4.87. The molecular formula is C16H32N2O. The minimum Gasteiger partial charge on any atom is -0.396 e. The van der Waals surface area contributed by atoms with E-state index < -0.39 is 0 Å². The van der Waals surface area contributed by atoms with Crippen LogP contribution in [0.1, 0.15) is 58.3 Å². The molecule has 3 heteroatoms. The number of likely N-dealkylation sites (tertiary alicyclic amines) is 1. The number of nitrogens with one attached hydrogen (secondary N) is 1. The fraction of sp³-hybridized carbons (Fsp3) is 1.00. The first-order chi connectivity index (χ1) is 9.33. The largest absolute Gasteiger partial charge is 0.396 e. The smallest absolute Gasteiger partial charge is 0.0443 e. The van der Waals surface area contributed by atoms with Crippen molar-refractivity contribution in [2.75, 3.05) is 26.2 Å². The lowest BCUT2D eigenvalue weighted by Crippen LogP contribution is -2.52. The van der Waals surface area contributed by atoms with Crippen LogP contribution in [0.2, 0.25) is 0 Å². The number of aliphatic hydroxyl groups excluding tert-OH is 1. The highest BCUT2D eigenvalue weighted by Crippen LogP contribution is 2.29. The normalized spacial score (nSPS) is 30.0. The Morgan fingerprint density at radius 1 is 1.21 bits per heavy atom. The van der Waals surface area contributed by atoms with Crippen LogP contribution in [0.5, 0.6) is 0 Å². The van der Waals surface area contributed by atoms with E-state index in [1.54, 1.807) is 0 Å². The first-order valence-electron chi connectivity index (χ1n) is 8.41. The summed E-state index contributed by atoms with van der Waals surface area (Å²) < 4.78 is 0. The van der Waals surface area contributed by atoms with Gasteiger partial charge in [0.05, 0.1) is 0 Å². The van der Waals surface area contributed by atoms with Crippen LogP contribution < -0.4 is 5.32 Å². The maximum atomic E-state index is 8.91. The van der Waals surface area contributed by atoms with Gasteiger partial charge in [0.2, 0.25) is 0 Å². The average molecular weight is 268 g/mol. The van der Waals surface area contributed by atoms with Crippen LogP contribution in [0.15, 0.2) is 0 Å². The first kappa shape index (κ1) is 15.3. The maximum absolute atomic E-state index is 8.91. The Kier molecular flexibility index (Phi) is 6.62. The molecule has 112 valence electrons. The van der Waals surface area contributed by atoms with E-state index in [0.29, 0.717) is 12.6 Å². The van der Waals surface area contributed by atoms with Gasteiger partial charge in [-0.25, -0.2) is 0 Å². The van der Waals surface area contributed by atoms with Crippen LogP contribution in [0.25, 0.3) is 0 Å². The molecule has 1 heterocycles. The molecular weight excluding hydrogens is 236 g/mol. The first-order valence-corrected chi connectivity index (χ1v) is 8.41. The van der Waals surface area contributed by atoms with Crippen LogP contribution in [0.3, 0.4) is 0 Å². The van der Waals surface area contributed by atoms with Crippen molar-refractivity contribution in [3.63, 3.8) is 0 Å². The molecule has 0 aromatic carbocycles. The van der Waals surface area contributed by atoms with E-state index >= 15 is 0 Å². The van der Waals surface area contributed by atoms with Crippen LogP contribution in [-0.2, 0) is 0 Å². The molecule has 2 N–H and O–H groups in total. The average Bonchev–Trinajstić information content (AvgIpc) is 2.93. The molecule has 2 aliphatic rings. The molecule has 1 saturated heterocycles. The molecule has 2 atom stereocenters. The molecule has 0 amide bonds. The predicted octanol–water partition coefficient (Wildman–Crippen LogP) is 2.39. The third-order valence-electron chi connectivity index (χ3n) is 4.87. The highest BCUT2D eigenvalue weighted by Gasteiger charge is 2.31. The summed E-state index contributed by atoms with van der Waals surface area (Å²) in [4.78, 5) is 2.77. The number of rotatable bonds is 7. The lowest BCUT2D eigenvalue weighted by atomic mass is 9.89. The number of piperidine rings is 1. The standard InChI is InChI=1S/C16H32N2O/c1-2-6-14-11-15(17-9-5-10-19)13-18(12-14)16-7-3-4-8-16/h14-17,19H,2-13H2,1H3. The lowest BCUT2D eigenvalue weighted by molar-refractivity contribution is 0.0944. The van der Waals surface area contributed by atoms with Crippen molar-refractivity contribution < 1.29 is 5.11 Å². The van der Waals surface area contributed by atoms with Crippen molar-refractivity contribution in [1.82, 2.24) is 10.2 Å². The zero-order chi connectivity index (χ0) is 13.5. The second-order valence-electron chi connectivity index (χ2n) is 6.51. The van der Waals surface area contributed by atoms with Gasteiger partial charge in [-0.1, -0.05) is 26.2 Å². The van der Waals surface area contributed by atoms with E-state index in [-0.39, 0.29) is 0 Å². The minimum absolute atomic E-state index is 0.310. The molecule has 3 nitrogen and oxygen atoms in total. The quantitative estimate of drug-likeness (QED) is 0.696. The van der Waals surface area contributed by atoms with Crippen molar-refractivity contribution in [3.05, 3.63) is 0 Å². The van der Waals surface area contributed by atoms with E-state index in [1.165, 1.54) is 58.0 Å². The summed E-state index contributed by atoms with van der Waals surface area (Å²) in [5.74, 6) is 0.881. The number of nitrogens with zero attached hydrogens (tertiary/aromatic N) is 1. The topological polar surface area (TPSA) is 35.5 Å². The summed E-state index contributed by atoms with van der Waals surface area (Å²) in [5, 5.41) is 12.6. The Labute approximate surface area is 118 Å². The summed E-state index contributed by atoms with van der Waals surface area (Å²) in [6, 6.07) is 1.51. The van der Waals surface area contributed by atoms with Gasteiger partial charge in [-0.15, -0.1) is 0 Å². The van der Waals surface area contributed by atoms with Crippen molar-refractivity contribution in [3.8, 4) is 0 Å².